The standard InChI is InChI=1S/C23H27N5OS/c1-3-24-22-18-8-4-5-9-20(18)26-23(27-22)30-15-21(29)25-19-11-10-17(14-16(19)2)28-12-6-7-13-28/h4-5,8-11,14H,3,6-7,12-13,15H2,1-2H3,(H,25,29)(H,24,26,27). The number of benzene rings is 2. The Bertz CT molecular complexity index is 1050. The molecule has 2 heterocycles. The molecular weight excluding hydrogens is 394 g/mol. The van der Waals surface area contributed by atoms with Gasteiger partial charge in [-0.05, 0) is 62.6 Å². The molecule has 30 heavy (non-hydrogen) atoms. The molecule has 6 nitrogen and oxygen atoms in total. The van der Waals surface area contributed by atoms with Crippen LogP contribution in [0.25, 0.3) is 10.9 Å². The molecule has 1 fully saturated rings. The zero-order valence-corrected chi connectivity index (χ0v) is 18.3. The van der Waals surface area contributed by atoms with Crippen LogP contribution >= 0.6 is 11.8 Å². The lowest BCUT2D eigenvalue weighted by Gasteiger charge is -2.19. The maximum Gasteiger partial charge on any atom is 0.234 e. The van der Waals surface area contributed by atoms with Gasteiger partial charge < -0.3 is 15.5 Å². The van der Waals surface area contributed by atoms with Crippen LogP contribution in [-0.4, -0.2) is 41.3 Å². The van der Waals surface area contributed by atoms with E-state index < -0.39 is 0 Å². The van der Waals surface area contributed by atoms with Gasteiger partial charge in [-0.25, -0.2) is 9.97 Å². The SMILES string of the molecule is CCNc1nc(SCC(=O)Nc2ccc(N3CCCC3)cc2C)nc2ccccc12. The van der Waals surface area contributed by atoms with Gasteiger partial charge in [0.15, 0.2) is 5.16 Å². The Morgan fingerprint density at radius 3 is 2.70 bits per heavy atom. The second kappa shape index (κ2) is 9.34. The van der Waals surface area contributed by atoms with E-state index >= 15 is 0 Å². The normalized spacial score (nSPS) is 13.6. The van der Waals surface area contributed by atoms with Gasteiger partial charge in [0.1, 0.15) is 5.82 Å². The van der Waals surface area contributed by atoms with Crippen LogP contribution < -0.4 is 15.5 Å². The van der Waals surface area contributed by atoms with Crippen molar-refractivity contribution in [2.75, 3.05) is 40.9 Å². The highest BCUT2D eigenvalue weighted by atomic mass is 32.2. The molecule has 2 aromatic carbocycles. The van der Waals surface area contributed by atoms with E-state index in [1.165, 1.54) is 30.3 Å². The summed E-state index contributed by atoms with van der Waals surface area (Å²) in [6.07, 6.45) is 2.50. The monoisotopic (exact) mass is 421 g/mol. The van der Waals surface area contributed by atoms with Gasteiger partial charge in [0.2, 0.25) is 5.91 Å². The minimum Gasteiger partial charge on any atom is -0.372 e. The molecule has 0 spiro atoms. The van der Waals surface area contributed by atoms with E-state index in [9.17, 15) is 4.79 Å². The molecule has 0 radical (unpaired) electrons. The Hall–Kier alpha value is -2.80. The number of aromatic nitrogens is 2. The van der Waals surface area contributed by atoms with Crippen LogP contribution in [0.3, 0.4) is 0 Å². The molecule has 2 N–H and O–H groups in total. The van der Waals surface area contributed by atoms with Gasteiger partial charge in [-0.2, -0.15) is 0 Å². The Morgan fingerprint density at radius 1 is 1.13 bits per heavy atom. The molecule has 1 aliphatic heterocycles. The molecule has 3 aromatic rings. The largest absolute Gasteiger partial charge is 0.372 e. The van der Waals surface area contributed by atoms with Crippen LogP contribution in [-0.2, 0) is 4.79 Å². The van der Waals surface area contributed by atoms with Crippen LogP contribution in [0.1, 0.15) is 25.3 Å². The summed E-state index contributed by atoms with van der Waals surface area (Å²) in [5.74, 6) is 1.01. The number of para-hydroxylation sites is 1. The summed E-state index contributed by atoms with van der Waals surface area (Å²) in [5, 5.41) is 7.90. The fourth-order valence-corrected chi connectivity index (χ4v) is 4.35. The van der Waals surface area contributed by atoms with Gasteiger partial charge >= 0.3 is 0 Å². The van der Waals surface area contributed by atoms with Gasteiger partial charge in [-0.3, -0.25) is 4.79 Å². The van der Waals surface area contributed by atoms with Crippen molar-refractivity contribution in [3.63, 3.8) is 0 Å². The average Bonchev–Trinajstić information content (AvgIpc) is 3.29. The third-order valence-corrected chi connectivity index (χ3v) is 6.06. The Morgan fingerprint density at radius 2 is 1.93 bits per heavy atom. The van der Waals surface area contributed by atoms with E-state index in [0.717, 1.165) is 47.6 Å². The average molecular weight is 422 g/mol. The van der Waals surface area contributed by atoms with Crippen LogP contribution in [0.2, 0.25) is 0 Å². The van der Waals surface area contributed by atoms with E-state index in [1.807, 2.05) is 44.2 Å². The number of aryl methyl sites for hydroxylation is 1. The lowest BCUT2D eigenvalue weighted by molar-refractivity contribution is -0.113. The number of fused-ring (bicyclic) bond motifs is 1. The first-order chi connectivity index (χ1) is 14.6. The number of carbonyl (C=O) groups is 1. The number of nitrogens with zero attached hydrogens (tertiary/aromatic N) is 3. The second-order valence-electron chi connectivity index (χ2n) is 7.43. The zero-order chi connectivity index (χ0) is 20.9. The van der Waals surface area contributed by atoms with E-state index in [2.05, 4.69) is 37.6 Å². The van der Waals surface area contributed by atoms with E-state index in [0.29, 0.717) is 5.16 Å². The first-order valence-electron chi connectivity index (χ1n) is 10.4. The first-order valence-corrected chi connectivity index (χ1v) is 11.4. The predicted octanol–water partition coefficient (Wildman–Crippen LogP) is 4.70. The molecule has 0 atom stereocenters. The molecule has 0 aliphatic carbocycles. The Balaban J connectivity index is 1.41. The van der Waals surface area contributed by atoms with Gasteiger partial charge in [0.05, 0.1) is 11.3 Å². The highest BCUT2D eigenvalue weighted by Crippen LogP contribution is 2.27. The summed E-state index contributed by atoms with van der Waals surface area (Å²) in [4.78, 5) is 24.1. The molecule has 7 heteroatoms. The minimum atomic E-state index is -0.0567. The van der Waals surface area contributed by atoms with Crippen molar-refractivity contribution in [1.29, 1.82) is 0 Å². The molecule has 1 aliphatic rings. The van der Waals surface area contributed by atoms with E-state index in [-0.39, 0.29) is 11.7 Å². The van der Waals surface area contributed by atoms with Crippen molar-refractivity contribution in [1.82, 2.24) is 9.97 Å². The van der Waals surface area contributed by atoms with Gasteiger partial charge in [-0.1, -0.05) is 23.9 Å². The number of hydrogen-bond acceptors (Lipinski definition) is 6. The van der Waals surface area contributed by atoms with Crippen molar-refractivity contribution in [2.45, 2.75) is 31.8 Å². The van der Waals surface area contributed by atoms with Crippen molar-refractivity contribution < 1.29 is 4.79 Å². The number of nitrogens with one attached hydrogen (secondary N) is 2. The topological polar surface area (TPSA) is 70.2 Å². The second-order valence-corrected chi connectivity index (χ2v) is 8.37. The third kappa shape index (κ3) is 4.67. The number of amides is 1. The van der Waals surface area contributed by atoms with E-state index in [1.54, 1.807) is 0 Å². The molecule has 0 saturated carbocycles. The number of hydrogen-bond donors (Lipinski definition) is 2. The smallest absolute Gasteiger partial charge is 0.234 e. The summed E-state index contributed by atoms with van der Waals surface area (Å²) in [6, 6.07) is 14.2. The van der Waals surface area contributed by atoms with Crippen LogP contribution in [0.4, 0.5) is 17.2 Å². The molecular formula is C23H27N5OS. The van der Waals surface area contributed by atoms with Crippen LogP contribution in [0.5, 0.6) is 0 Å². The maximum absolute atomic E-state index is 12.5. The van der Waals surface area contributed by atoms with Crippen LogP contribution in [0.15, 0.2) is 47.6 Å². The Labute approximate surface area is 181 Å². The highest BCUT2D eigenvalue weighted by Gasteiger charge is 2.14. The molecule has 4 rings (SSSR count). The van der Waals surface area contributed by atoms with Crippen molar-refractivity contribution in [2.24, 2.45) is 0 Å². The molecule has 0 unspecified atom stereocenters. The molecule has 0 bridgehead atoms. The highest BCUT2D eigenvalue weighted by molar-refractivity contribution is 7.99. The maximum atomic E-state index is 12.5. The predicted molar refractivity (Wildman–Crippen MR) is 126 cm³/mol. The molecule has 1 saturated heterocycles. The summed E-state index contributed by atoms with van der Waals surface area (Å²) in [6.45, 7) is 7.08. The van der Waals surface area contributed by atoms with Gasteiger partial charge in [-0.15, -0.1) is 0 Å². The minimum absolute atomic E-state index is 0.0567. The summed E-state index contributed by atoms with van der Waals surface area (Å²) >= 11 is 1.35. The lowest BCUT2D eigenvalue weighted by atomic mass is 10.1. The number of thioether (sulfide) groups is 1. The third-order valence-electron chi connectivity index (χ3n) is 5.21. The van der Waals surface area contributed by atoms with Gasteiger partial charge in [0, 0.05) is 36.4 Å². The van der Waals surface area contributed by atoms with Crippen molar-refractivity contribution >= 4 is 45.8 Å². The number of carbonyl (C=O) groups excluding carboxylic acids is 1. The Kier molecular flexibility index (Phi) is 6.38. The van der Waals surface area contributed by atoms with Gasteiger partial charge in [0.25, 0.3) is 0 Å². The first kappa shape index (κ1) is 20.5. The summed E-state index contributed by atoms with van der Waals surface area (Å²) in [5.41, 5.74) is 4.04. The van der Waals surface area contributed by atoms with Crippen molar-refractivity contribution in [3.8, 4) is 0 Å². The lowest BCUT2D eigenvalue weighted by Crippen LogP contribution is -2.18. The number of anilines is 3. The van der Waals surface area contributed by atoms with Crippen LogP contribution in [0, 0.1) is 6.92 Å². The quantitative estimate of drug-likeness (QED) is 0.426. The molecule has 1 aromatic heterocycles. The summed E-state index contributed by atoms with van der Waals surface area (Å²) < 4.78 is 0. The fourth-order valence-electron chi connectivity index (χ4n) is 3.70. The zero-order valence-electron chi connectivity index (χ0n) is 17.4. The number of rotatable bonds is 7. The summed E-state index contributed by atoms with van der Waals surface area (Å²) in [7, 11) is 0. The molecule has 156 valence electrons. The van der Waals surface area contributed by atoms with Crippen molar-refractivity contribution in [3.05, 3.63) is 48.0 Å². The van der Waals surface area contributed by atoms with E-state index in [4.69, 9.17) is 0 Å². The molecule has 1 amide bonds. The fraction of sp³-hybridized carbons (Fsp3) is 0.348.